The molecule has 5 heteroatoms. The standard InChI is InChI=1S/C9H16O5/c1-7(2)13-8(3)5-12-6(11)9(8,4-10)14-7/h6,10-11H,4-5H2,1-3H3. The highest BCUT2D eigenvalue weighted by atomic mass is 16.8. The maximum Gasteiger partial charge on any atom is 0.189 e. The number of ether oxygens (including phenoxy) is 3. The third kappa shape index (κ3) is 1.07. The van der Waals surface area contributed by atoms with Crippen LogP contribution in [0.4, 0.5) is 0 Å². The van der Waals surface area contributed by atoms with E-state index >= 15 is 0 Å². The molecule has 0 spiro atoms. The number of fused-ring (bicyclic) bond motifs is 1. The van der Waals surface area contributed by atoms with E-state index in [4.69, 9.17) is 14.2 Å². The van der Waals surface area contributed by atoms with Gasteiger partial charge in [-0.3, -0.25) is 0 Å². The minimum atomic E-state index is -1.16. The highest BCUT2D eigenvalue weighted by Crippen LogP contribution is 2.50. The zero-order valence-corrected chi connectivity index (χ0v) is 8.61. The summed E-state index contributed by atoms with van der Waals surface area (Å²) in [6.07, 6.45) is -1.14. The Morgan fingerprint density at radius 1 is 1.29 bits per heavy atom. The Bertz CT molecular complexity index is 254. The summed E-state index contributed by atoms with van der Waals surface area (Å²) in [4.78, 5) is 0. The first-order valence-corrected chi connectivity index (χ1v) is 4.66. The summed E-state index contributed by atoms with van der Waals surface area (Å²) in [7, 11) is 0. The van der Waals surface area contributed by atoms with Crippen LogP contribution in [0.5, 0.6) is 0 Å². The second-order valence-corrected chi connectivity index (χ2v) is 4.55. The van der Waals surface area contributed by atoms with Gasteiger partial charge in [-0.05, 0) is 20.8 Å². The van der Waals surface area contributed by atoms with Crippen molar-refractivity contribution < 1.29 is 24.4 Å². The van der Waals surface area contributed by atoms with Crippen molar-refractivity contribution in [3.05, 3.63) is 0 Å². The van der Waals surface area contributed by atoms with Gasteiger partial charge in [0, 0.05) is 0 Å². The lowest BCUT2D eigenvalue weighted by molar-refractivity contribution is -0.244. The molecule has 2 aliphatic heterocycles. The summed E-state index contributed by atoms with van der Waals surface area (Å²) in [6.45, 7) is 5.17. The van der Waals surface area contributed by atoms with Gasteiger partial charge in [0.15, 0.2) is 17.7 Å². The first-order valence-electron chi connectivity index (χ1n) is 4.66. The van der Waals surface area contributed by atoms with E-state index in [2.05, 4.69) is 0 Å². The van der Waals surface area contributed by atoms with Gasteiger partial charge in [-0.2, -0.15) is 0 Å². The third-order valence-electron chi connectivity index (χ3n) is 2.94. The van der Waals surface area contributed by atoms with E-state index in [0.717, 1.165) is 0 Å². The van der Waals surface area contributed by atoms with Gasteiger partial charge in [0.05, 0.1) is 13.2 Å². The van der Waals surface area contributed by atoms with E-state index in [-0.39, 0.29) is 13.2 Å². The fourth-order valence-corrected chi connectivity index (χ4v) is 2.31. The summed E-state index contributed by atoms with van der Waals surface area (Å²) in [5.74, 6) is -0.803. The maximum atomic E-state index is 9.66. The number of aliphatic hydroxyl groups excluding tert-OH is 2. The Hall–Kier alpha value is -0.200. The van der Waals surface area contributed by atoms with Gasteiger partial charge in [0.2, 0.25) is 0 Å². The molecular weight excluding hydrogens is 188 g/mol. The summed E-state index contributed by atoms with van der Waals surface area (Å²) in [6, 6.07) is 0. The second-order valence-electron chi connectivity index (χ2n) is 4.55. The van der Waals surface area contributed by atoms with Crippen molar-refractivity contribution in [2.24, 2.45) is 0 Å². The summed E-state index contributed by atoms with van der Waals surface area (Å²) >= 11 is 0. The Labute approximate surface area is 82.6 Å². The van der Waals surface area contributed by atoms with E-state index in [1.807, 2.05) is 0 Å². The lowest BCUT2D eigenvalue weighted by atomic mass is 9.87. The summed E-state index contributed by atoms with van der Waals surface area (Å²) in [5.41, 5.74) is -1.94. The Kier molecular flexibility index (Phi) is 1.97. The molecule has 0 saturated carbocycles. The quantitative estimate of drug-likeness (QED) is 0.608. The van der Waals surface area contributed by atoms with Crippen LogP contribution in [0.15, 0.2) is 0 Å². The molecule has 2 fully saturated rings. The first-order chi connectivity index (χ1) is 6.35. The third-order valence-corrected chi connectivity index (χ3v) is 2.94. The normalized spacial score (nSPS) is 50.8. The zero-order chi connectivity index (χ0) is 10.6. The molecule has 0 aromatic carbocycles. The molecule has 2 rings (SSSR count). The average molecular weight is 204 g/mol. The number of rotatable bonds is 1. The minimum Gasteiger partial charge on any atom is -0.393 e. The molecule has 0 aliphatic carbocycles. The lowest BCUT2D eigenvalue weighted by Gasteiger charge is -2.31. The van der Waals surface area contributed by atoms with Crippen molar-refractivity contribution in [3.8, 4) is 0 Å². The van der Waals surface area contributed by atoms with E-state index in [1.165, 1.54) is 0 Å². The predicted molar refractivity (Wildman–Crippen MR) is 46.4 cm³/mol. The molecule has 3 atom stereocenters. The van der Waals surface area contributed by atoms with E-state index < -0.39 is 23.3 Å². The molecule has 5 nitrogen and oxygen atoms in total. The van der Waals surface area contributed by atoms with E-state index in [1.54, 1.807) is 20.8 Å². The van der Waals surface area contributed by atoms with Crippen molar-refractivity contribution in [2.75, 3.05) is 13.2 Å². The molecule has 0 amide bonds. The van der Waals surface area contributed by atoms with Crippen LogP contribution in [0.1, 0.15) is 20.8 Å². The smallest absolute Gasteiger partial charge is 0.189 e. The molecule has 0 aromatic heterocycles. The van der Waals surface area contributed by atoms with E-state index in [9.17, 15) is 10.2 Å². The van der Waals surface area contributed by atoms with Gasteiger partial charge in [-0.1, -0.05) is 0 Å². The van der Waals surface area contributed by atoms with Gasteiger partial charge in [-0.25, -0.2) is 0 Å². The molecule has 82 valence electrons. The van der Waals surface area contributed by atoms with Crippen LogP contribution in [0.25, 0.3) is 0 Å². The highest BCUT2D eigenvalue weighted by molar-refractivity contribution is 5.11. The van der Waals surface area contributed by atoms with Crippen molar-refractivity contribution in [1.29, 1.82) is 0 Å². The monoisotopic (exact) mass is 204 g/mol. The molecule has 0 bridgehead atoms. The molecule has 14 heavy (non-hydrogen) atoms. The van der Waals surface area contributed by atoms with E-state index in [0.29, 0.717) is 0 Å². The number of hydrogen-bond donors (Lipinski definition) is 2. The van der Waals surface area contributed by atoms with Crippen molar-refractivity contribution >= 4 is 0 Å². The molecule has 2 aliphatic rings. The summed E-state index contributed by atoms with van der Waals surface area (Å²) < 4.78 is 16.3. The lowest BCUT2D eigenvalue weighted by Crippen LogP contribution is -2.55. The Balaban J connectivity index is 2.39. The topological polar surface area (TPSA) is 68.2 Å². The number of hydrogen-bond acceptors (Lipinski definition) is 5. The molecule has 0 aromatic rings. The number of aliphatic hydroxyl groups is 2. The molecule has 3 unspecified atom stereocenters. The average Bonchev–Trinajstić information content (AvgIpc) is 2.41. The maximum absolute atomic E-state index is 9.66. The predicted octanol–water partition coefficient (Wildman–Crippen LogP) is -0.392. The molecular formula is C9H16O5. The van der Waals surface area contributed by atoms with Crippen LogP contribution in [0.3, 0.4) is 0 Å². The first kappa shape index (κ1) is 10.3. The zero-order valence-electron chi connectivity index (χ0n) is 8.61. The van der Waals surface area contributed by atoms with Crippen molar-refractivity contribution in [2.45, 2.75) is 44.1 Å². The molecule has 0 radical (unpaired) electrons. The largest absolute Gasteiger partial charge is 0.393 e. The van der Waals surface area contributed by atoms with Crippen molar-refractivity contribution in [1.82, 2.24) is 0 Å². The fraction of sp³-hybridized carbons (Fsp3) is 1.00. The molecule has 2 heterocycles. The van der Waals surface area contributed by atoms with Crippen molar-refractivity contribution in [3.63, 3.8) is 0 Å². The Morgan fingerprint density at radius 3 is 2.43 bits per heavy atom. The van der Waals surface area contributed by atoms with Crippen LogP contribution < -0.4 is 0 Å². The Morgan fingerprint density at radius 2 is 1.93 bits per heavy atom. The molecule has 2 saturated heterocycles. The van der Waals surface area contributed by atoms with Crippen LogP contribution in [-0.2, 0) is 14.2 Å². The summed E-state index contributed by atoms with van der Waals surface area (Å²) in [5, 5.41) is 19.0. The SMILES string of the molecule is CC1(C)OC2(C)COC(O)C2(CO)O1. The fourth-order valence-electron chi connectivity index (χ4n) is 2.31. The second kappa shape index (κ2) is 2.68. The van der Waals surface area contributed by atoms with Gasteiger partial charge in [0.1, 0.15) is 5.60 Å². The minimum absolute atomic E-state index is 0.220. The van der Waals surface area contributed by atoms with Crippen LogP contribution >= 0.6 is 0 Å². The van der Waals surface area contributed by atoms with Crippen LogP contribution in [0, 0.1) is 0 Å². The van der Waals surface area contributed by atoms with Crippen LogP contribution in [-0.4, -0.2) is 46.7 Å². The van der Waals surface area contributed by atoms with Gasteiger partial charge >= 0.3 is 0 Å². The van der Waals surface area contributed by atoms with Gasteiger partial charge < -0.3 is 24.4 Å². The van der Waals surface area contributed by atoms with Crippen LogP contribution in [0.2, 0.25) is 0 Å². The van der Waals surface area contributed by atoms with Gasteiger partial charge in [-0.15, -0.1) is 0 Å². The van der Waals surface area contributed by atoms with Gasteiger partial charge in [0.25, 0.3) is 0 Å². The molecule has 2 N–H and O–H groups in total. The highest BCUT2D eigenvalue weighted by Gasteiger charge is 2.69.